The molecule has 1 amide bonds. The summed E-state index contributed by atoms with van der Waals surface area (Å²) in [5.41, 5.74) is 2.10. The van der Waals surface area contributed by atoms with Crippen LogP contribution in [-0.2, 0) is 0 Å². The van der Waals surface area contributed by atoms with Gasteiger partial charge in [0, 0.05) is 10.6 Å². The van der Waals surface area contributed by atoms with Crippen LogP contribution in [0, 0.1) is 0 Å². The average molecular weight is 463 g/mol. The molecule has 2 aromatic carbocycles. The Kier molecular flexibility index (Phi) is 7.02. The number of phenolic OH excluding ortho intramolecular Hbond substituents is 1. The third-order valence-corrected chi connectivity index (χ3v) is 5.46. The van der Waals surface area contributed by atoms with Crippen molar-refractivity contribution >= 4 is 52.1 Å². The second-order valence-corrected chi connectivity index (χ2v) is 8.03. The lowest BCUT2D eigenvalue weighted by Crippen LogP contribution is -2.33. The van der Waals surface area contributed by atoms with E-state index in [0.717, 1.165) is 12.0 Å². The molecule has 30 heavy (non-hydrogen) atoms. The maximum absolute atomic E-state index is 12.5. The summed E-state index contributed by atoms with van der Waals surface area (Å²) >= 11 is 17.3. The molecule has 1 aromatic heterocycles. The van der Waals surface area contributed by atoms with Gasteiger partial charge in [-0.3, -0.25) is 10.1 Å². The minimum Gasteiger partial charge on any atom is -0.506 e. The Balaban J connectivity index is 1.70. The summed E-state index contributed by atoms with van der Waals surface area (Å²) in [7, 11) is 0. The summed E-state index contributed by atoms with van der Waals surface area (Å²) in [5.74, 6) is 0.339. The summed E-state index contributed by atoms with van der Waals surface area (Å²) in [6.07, 6.45) is 0.962. The van der Waals surface area contributed by atoms with E-state index >= 15 is 0 Å². The number of halogens is 2. The molecule has 8 heteroatoms. The SMILES string of the molecule is CC[C@H](C)c1ccc(O)c(NC(=S)NC(=O)c2ccc(-c3ccc(Cl)cc3Cl)o2)c1. The Morgan fingerprint density at radius 1 is 1.17 bits per heavy atom. The van der Waals surface area contributed by atoms with Gasteiger partial charge in [0.15, 0.2) is 10.9 Å². The fraction of sp³-hybridized carbons (Fsp3) is 0.182. The lowest BCUT2D eigenvalue weighted by molar-refractivity contribution is 0.0951. The zero-order chi connectivity index (χ0) is 21.8. The Bertz CT molecular complexity index is 1100. The predicted octanol–water partition coefficient (Wildman–Crippen LogP) is 6.60. The van der Waals surface area contributed by atoms with Crippen molar-refractivity contribution in [2.75, 3.05) is 5.32 Å². The van der Waals surface area contributed by atoms with E-state index in [1.54, 1.807) is 30.3 Å². The van der Waals surface area contributed by atoms with Crippen LogP contribution in [0.2, 0.25) is 10.0 Å². The van der Waals surface area contributed by atoms with Crippen LogP contribution < -0.4 is 10.6 Å². The number of rotatable bonds is 5. The van der Waals surface area contributed by atoms with Crippen LogP contribution in [0.5, 0.6) is 5.75 Å². The standard InChI is InChI=1S/C22H20Cl2N2O3S/c1-3-12(2)13-4-7-18(27)17(10-13)25-22(30)26-21(28)20-9-8-19(29-20)15-6-5-14(23)11-16(15)24/h4-12,27H,3H2,1-2H3,(H2,25,26,28,30)/t12-/m0/s1. The number of carbonyl (C=O) groups is 1. The molecule has 3 rings (SSSR count). The van der Waals surface area contributed by atoms with Gasteiger partial charge in [0.2, 0.25) is 0 Å². The second kappa shape index (κ2) is 9.51. The van der Waals surface area contributed by atoms with Gasteiger partial charge in [-0.2, -0.15) is 0 Å². The van der Waals surface area contributed by atoms with Crippen LogP contribution >= 0.6 is 35.4 Å². The zero-order valence-corrected chi connectivity index (χ0v) is 18.7. The topological polar surface area (TPSA) is 74.5 Å². The molecule has 0 aliphatic rings. The fourth-order valence-electron chi connectivity index (χ4n) is 2.81. The van der Waals surface area contributed by atoms with Crippen molar-refractivity contribution in [3.63, 3.8) is 0 Å². The summed E-state index contributed by atoms with van der Waals surface area (Å²) < 4.78 is 5.62. The van der Waals surface area contributed by atoms with Crippen LogP contribution in [-0.4, -0.2) is 16.1 Å². The molecule has 0 aliphatic carbocycles. The molecule has 0 bridgehead atoms. The number of nitrogens with one attached hydrogen (secondary N) is 2. The van der Waals surface area contributed by atoms with Gasteiger partial charge >= 0.3 is 0 Å². The first kappa shape index (κ1) is 22.2. The highest BCUT2D eigenvalue weighted by Crippen LogP contribution is 2.32. The number of anilines is 1. The normalized spacial score (nSPS) is 11.7. The average Bonchev–Trinajstić information content (AvgIpc) is 3.19. The third-order valence-electron chi connectivity index (χ3n) is 4.70. The van der Waals surface area contributed by atoms with Gasteiger partial charge < -0.3 is 14.8 Å². The number of aromatic hydroxyl groups is 1. The second-order valence-electron chi connectivity index (χ2n) is 6.78. The lowest BCUT2D eigenvalue weighted by Gasteiger charge is -2.14. The molecule has 0 saturated heterocycles. The van der Waals surface area contributed by atoms with E-state index in [0.29, 0.717) is 33.0 Å². The molecule has 0 aliphatic heterocycles. The number of furan rings is 1. The van der Waals surface area contributed by atoms with Crippen molar-refractivity contribution in [3.8, 4) is 17.1 Å². The van der Waals surface area contributed by atoms with Gasteiger partial charge in [0.25, 0.3) is 5.91 Å². The Morgan fingerprint density at radius 2 is 1.93 bits per heavy atom. The van der Waals surface area contributed by atoms with Crippen molar-refractivity contribution in [1.29, 1.82) is 0 Å². The molecule has 0 fully saturated rings. The molecule has 1 heterocycles. The van der Waals surface area contributed by atoms with E-state index in [-0.39, 0.29) is 16.6 Å². The molecule has 3 N–H and O–H groups in total. The number of phenols is 1. The minimum atomic E-state index is -0.526. The summed E-state index contributed by atoms with van der Waals surface area (Å²) in [6.45, 7) is 4.18. The molecular formula is C22H20Cl2N2O3S. The first-order valence-corrected chi connectivity index (χ1v) is 10.5. The quantitative estimate of drug-likeness (QED) is 0.294. The molecule has 5 nitrogen and oxygen atoms in total. The number of benzene rings is 2. The van der Waals surface area contributed by atoms with Gasteiger partial charge in [-0.25, -0.2) is 0 Å². The molecule has 0 saturated carbocycles. The summed E-state index contributed by atoms with van der Waals surface area (Å²) in [4.78, 5) is 12.5. The molecule has 0 unspecified atom stereocenters. The summed E-state index contributed by atoms with van der Waals surface area (Å²) in [5, 5.41) is 16.5. The van der Waals surface area contributed by atoms with E-state index in [4.69, 9.17) is 39.8 Å². The fourth-order valence-corrected chi connectivity index (χ4v) is 3.51. The highest BCUT2D eigenvalue weighted by molar-refractivity contribution is 7.80. The maximum atomic E-state index is 12.5. The van der Waals surface area contributed by atoms with E-state index in [2.05, 4.69) is 24.5 Å². The van der Waals surface area contributed by atoms with E-state index in [1.807, 2.05) is 12.1 Å². The van der Waals surface area contributed by atoms with E-state index < -0.39 is 5.91 Å². The largest absolute Gasteiger partial charge is 0.506 e. The number of hydrogen-bond donors (Lipinski definition) is 3. The van der Waals surface area contributed by atoms with Gasteiger partial charge in [0.05, 0.1) is 10.7 Å². The predicted molar refractivity (Wildman–Crippen MR) is 125 cm³/mol. The number of hydrogen-bond acceptors (Lipinski definition) is 4. The molecule has 0 spiro atoms. The third kappa shape index (κ3) is 5.14. The lowest BCUT2D eigenvalue weighted by atomic mass is 9.98. The van der Waals surface area contributed by atoms with Crippen molar-refractivity contribution in [1.82, 2.24) is 5.32 Å². The van der Waals surface area contributed by atoms with Crippen molar-refractivity contribution in [2.45, 2.75) is 26.2 Å². The van der Waals surface area contributed by atoms with Crippen molar-refractivity contribution in [3.05, 3.63) is 69.9 Å². The van der Waals surface area contributed by atoms with Gasteiger partial charge in [-0.15, -0.1) is 0 Å². The monoisotopic (exact) mass is 462 g/mol. The van der Waals surface area contributed by atoms with Crippen LogP contribution in [0.3, 0.4) is 0 Å². The highest BCUT2D eigenvalue weighted by Gasteiger charge is 2.16. The molecular weight excluding hydrogens is 443 g/mol. The van der Waals surface area contributed by atoms with Gasteiger partial charge in [0.1, 0.15) is 11.5 Å². The van der Waals surface area contributed by atoms with Gasteiger partial charge in [-0.1, -0.05) is 43.1 Å². The molecule has 0 radical (unpaired) electrons. The van der Waals surface area contributed by atoms with Gasteiger partial charge in [-0.05, 0) is 72.6 Å². The smallest absolute Gasteiger partial charge is 0.293 e. The Morgan fingerprint density at radius 3 is 2.63 bits per heavy atom. The number of amides is 1. The van der Waals surface area contributed by atoms with Crippen molar-refractivity contribution < 1.29 is 14.3 Å². The van der Waals surface area contributed by atoms with Crippen LogP contribution in [0.25, 0.3) is 11.3 Å². The summed E-state index contributed by atoms with van der Waals surface area (Å²) in [6, 6.07) is 13.4. The maximum Gasteiger partial charge on any atom is 0.293 e. The van der Waals surface area contributed by atoms with Crippen molar-refractivity contribution in [2.24, 2.45) is 0 Å². The van der Waals surface area contributed by atoms with E-state index in [9.17, 15) is 9.90 Å². The Hall–Kier alpha value is -2.54. The first-order chi connectivity index (χ1) is 14.3. The molecule has 1 atom stereocenters. The van der Waals surface area contributed by atoms with Crippen LogP contribution in [0.4, 0.5) is 5.69 Å². The number of carbonyl (C=O) groups excluding carboxylic acids is 1. The first-order valence-electron chi connectivity index (χ1n) is 9.29. The van der Waals surface area contributed by atoms with Crippen LogP contribution in [0.1, 0.15) is 42.3 Å². The molecule has 3 aromatic rings. The highest BCUT2D eigenvalue weighted by atomic mass is 35.5. The molecule has 156 valence electrons. The number of thiocarbonyl (C=S) groups is 1. The Labute approximate surface area is 190 Å². The van der Waals surface area contributed by atoms with E-state index in [1.165, 1.54) is 6.07 Å². The van der Waals surface area contributed by atoms with Crippen LogP contribution in [0.15, 0.2) is 52.9 Å². The minimum absolute atomic E-state index is 0.0383. The zero-order valence-electron chi connectivity index (χ0n) is 16.3.